The molecule has 0 bridgehead atoms. The highest BCUT2D eigenvalue weighted by Gasteiger charge is 2.11. The third-order valence-electron chi connectivity index (χ3n) is 3.08. The van der Waals surface area contributed by atoms with Gasteiger partial charge in [0.15, 0.2) is 0 Å². The zero-order valence-corrected chi connectivity index (χ0v) is 12.0. The Morgan fingerprint density at radius 1 is 1.41 bits per heavy atom. The van der Waals surface area contributed by atoms with Crippen molar-refractivity contribution in [2.45, 2.75) is 53.2 Å². The van der Waals surface area contributed by atoms with Crippen LogP contribution in [-0.2, 0) is 13.1 Å². The summed E-state index contributed by atoms with van der Waals surface area (Å²) >= 11 is 0. The number of aromatic nitrogens is 2. The van der Waals surface area contributed by atoms with E-state index in [2.05, 4.69) is 31.2 Å². The average Bonchev–Trinajstić information content (AvgIpc) is 2.52. The van der Waals surface area contributed by atoms with Gasteiger partial charge in [-0.2, -0.15) is 5.10 Å². The first-order valence-electron chi connectivity index (χ1n) is 5.97. The molecule has 4 nitrogen and oxygen atoms in total. The average molecular weight is 262 g/mol. The molecule has 0 spiro atoms. The molecule has 1 unspecified atom stereocenters. The minimum Gasteiger partial charge on any atom is -0.394 e. The predicted molar refractivity (Wildman–Crippen MR) is 72.6 cm³/mol. The lowest BCUT2D eigenvalue weighted by Crippen LogP contribution is -2.25. The Kier molecular flexibility index (Phi) is 7.43. The van der Waals surface area contributed by atoms with Gasteiger partial charge < -0.3 is 10.4 Å². The molecule has 0 aliphatic rings. The molecule has 1 atom stereocenters. The van der Waals surface area contributed by atoms with Crippen molar-refractivity contribution >= 4 is 12.4 Å². The van der Waals surface area contributed by atoms with Crippen molar-refractivity contribution in [3.63, 3.8) is 0 Å². The summed E-state index contributed by atoms with van der Waals surface area (Å²) < 4.78 is 1.88. The van der Waals surface area contributed by atoms with Crippen molar-refractivity contribution < 1.29 is 5.11 Å². The normalized spacial score (nSPS) is 12.3. The highest BCUT2D eigenvalue weighted by Crippen LogP contribution is 2.12. The minimum atomic E-state index is 0. The molecule has 0 aliphatic carbocycles. The van der Waals surface area contributed by atoms with Gasteiger partial charge in [0.2, 0.25) is 0 Å². The maximum Gasteiger partial charge on any atom is 0.0644 e. The molecule has 0 fully saturated rings. The van der Waals surface area contributed by atoms with Crippen LogP contribution in [0.15, 0.2) is 0 Å². The van der Waals surface area contributed by atoms with Crippen LogP contribution in [0.1, 0.15) is 37.2 Å². The maximum atomic E-state index is 8.92. The van der Waals surface area contributed by atoms with E-state index in [4.69, 9.17) is 5.11 Å². The highest BCUT2D eigenvalue weighted by atomic mass is 35.5. The molecule has 1 aromatic rings. The van der Waals surface area contributed by atoms with Crippen LogP contribution in [-0.4, -0.2) is 27.5 Å². The molecule has 100 valence electrons. The zero-order valence-electron chi connectivity index (χ0n) is 11.2. The molecule has 5 heteroatoms. The van der Waals surface area contributed by atoms with Gasteiger partial charge in [-0.25, -0.2) is 0 Å². The smallest absolute Gasteiger partial charge is 0.0644 e. The first-order chi connectivity index (χ1) is 7.60. The summed E-state index contributed by atoms with van der Waals surface area (Å²) in [6.45, 7) is 10.0. The Balaban J connectivity index is 0.00000256. The first-order valence-corrected chi connectivity index (χ1v) is 5.97. The lowest BCUT2D eigenvalue weighted by molar-refractivity contribution is 0.267. The summed E-state index contributed by atoms with van der Waals surface area (Å²) in [5.41, 5.74) is 3.47. The topological polar surface area (TPSA) is 50.1 Å². The van der Waals surface area contributed by atoms with Crippen LogP contribution < -0.4 is 5.32 Å². The van der Waals surface area contributed by atoms with Gasteiger partial charge in [0.05, 0.1) is 18.8 Å². The van der Waals surface area contributed by atoms with Gasteiger partial charge in [0.1, 0.15) is 0 Å². The molecule has 0 aromatic carbocycles. The molecule has 0 saturated heterocycles. The Morgan fingerprint density at radius 2 is 2.06 bits per heavy atom. The number of rotatable bonds is 6. The summed E-state index contributed by atoms with van der Waals surface area (Å²) in [6.07, 6.45) is 1.13. The van der Waals surface area contributed by atoms with E-state index >= 15 is 0 Å². The summed E-state index contributed by atoms with van der Waals surface area (Å²) in [5, 5.41) is 16.8. The third kappa shape index (κ3) is 4.30. The van der Waals surface area contributed by atoms with E-state index in [1.165, 1.54) is 5.56 Å². The molecule has 1 rings (SSSR count). The van der Waals surface area contributed by atoms with Crippen molar-refractivity contribution in [2.75, 3.05) is 6.61 Å². The van der Waals surface area contributed by atoms with E-state index in [-0.39, 0.29) is 19.0 Å². The second kappa shape index (κ2) is 7.69. The zero-order chi connectivity index (χ0) is 12.1. The summed E-state index contributed by atoms with van der Waals surface area (Å²) in [5.74, 6) is 0. The van der Waals surface area contributed by atoms with Gasteiger partial charge in [-0.15, -0.1) is 12.4 Å². The van der Waals surface area contributed by atoms with Gasteiger partial charge in [0, 0.05) is 23.8 Å². The Hall–Kier alpha value is -0.580. The van der Waals surface area contributed by atoms with Gasteiger partial charge >= 0.3 is 0 Å². The fraction of sp³-hybridized carbons (Fsp3) is 0.750. The summed E-state index contributed by atoms with van der Waals surface area (Å²) in [6, 6.07) is 0.528. The number of hydrogen-bond donors (Lipinski definition) is 2. The number of hydrogen-bond acceptors (Lipinski definition) is 3. The molecule has 0 aliphatic heterocycles. The Bertz CT molecular complexity index is 339. The minimum absolute atomic E-state index is 0. The maximum absolute atomic E-state index is 8.92. The van der Waals surface area contributed by atoms with Crippen LogP contribution in [0.25, 0.3) is 0 Å². The number of halogens is 1. The summed E-state index contributed by atoms with van der Waals surface area (Å²) in [4.78, 5) is 0. The van der Waals surface area contributed by atoms with Crippen molar-refractivity contribution in [2.24, 2.45) is 0 Å². The van der Waals surface area contributed by atoms with Crippen molar-refractivity contribution in [3.05, 3.63) is 17.0 Å². The molecule has 2 N–H and O–H groups in total. The number of aliphatic hydroxyl groups excluding tert-OH is 1. The Morgan fingerprint density at radius 3 is 2.59 bits per heavy atom. The van der Waals surface area contributed by atoms with Crippen molar-refractivity contribution in [3.8, 4) is 0 Å². The standard InChI is InChI=1S/C12H23N3O.ClH/c1-5-9(2)13-8-12-10(3)14-15(6-7-16)11(12)4;/h9,13,16H,5-8H2,1-4H3;1H. The SMILES string of the molecule is CCC(C)NCc1c(C)nn(CCO)c1C.Cl. The molecule has 1 heterocycles. The van der Waals surface area contributed by atoms with Crippen molar-refractivity contribution in [1.29, 1.82) is 0 Å². The third-order valence-corrected chi connectivity index (χ3v) is 3.08. The molecule has 17 heavy (non-hydrogen) atoms. The van der Waals surface area contributed by atoms with Crippen molar-refractivity contribution in [1.82, 2.24) is 15.1 Å². The number of nitrogens with zero attached hydrogens (tertiary/aromatic N) is 2. The second-order valence-electron chi connectivity index (χ2n) is 4.29. The molecule has 0 saturated carbocycles. The van der Waals surface area contributed by atoms with Crippen LogP contribution in [0.5, 0.6) is 0 Å². The quantitative estimate of drug-likeness (QED) is 0.821. The van der Waals surface area contributed by atoms with E-state index in [1.54, 1.807) is 0 Å². The highest BCUT2D eigenvalue weighted by molar-refractivity contribution is 5.85. The largest absolute Gasteiger partial charge is 0.394 e. The van der Waals surface area contributed by atoms with Crippen LogP contribution in [0, 0.1) is 13.8 Å². The van der Waals surface area contributed by atoms with Gasteiger partial charge in [-0.05, 0) is 27.2 Å². The van der Waals surface area contributed by atoms with Gasteiger partial charge in [-0.3, -0.25) is 4.68 Å². The van der Waals surface area contributed by atoms with E-state index in [9.17, 15) is 0 Å². The van der Waals surface area contributed by atoms with Crippen LogP contribution >= 0.6 is 12.4 Å². The van der Waals surface area contributed by atoms with E-state index in [0.717, 1.165) is 24.4 Å². The van der Waals surface area contributed by atoms with E-state index in [1.807, 2.05) is 11.6 Å². The predicted octanol–water partition coefficient (Wildman–Crippen LogP) is 1.80. The van der Waals surface area contributed by atoms with Gasteiger partial charge in [0.25, 0.3) is 0 Å². The number of aryl methyl sites for hydroxylation is 1. The summed E-state index contributed by atoms with van der Waals surface area (Å²) in [7, 11) is 0. The molecule has 1 aromatic heterocycles. The second-order valence-corrected chi connectivity index (χ2v) is 4.29. The molecule has 0 amide bonds. The first kappa shape index (κ1) is 16.4. The fourth-order valence-electron chi connectivity index (χ4n) is 1.72. The Labute approximate surface area is 110 Å². The molecule has 0 radical (unpaired) electrons. The monoisotopic (exact) mass is 261 g/mol. The van der Waals surface area contributed by atoms with Crippen LogP contribution in [0.3, 0.4) is 0 Å². The number of aliphatic hydroxyl groups is 1. The van der Waals surface area contributed by atoms with Crippen LogP contribution in [0.2, 0.25) is 0 Å². The van der Waals surface area contributed by atoms with Gasteiger partial charge in [-0.1, -0.05) is 6.92 Å². The van der Waals surface area contributed by atoms with Crippen LogP contribution in [0.4, 0.5) is 0 Å². The van der Waals surface area contributed by atoms with E-state index in [0.29, 0.717) is 12.6 Å². The van der Waals surface area contributed by atoms with E-state index < -0.39 is 0 Å². The molecular weight excluding hydrogens is 238 g/mol. The lowest BCUT2D eigenvalue weighted by atomic mass is 10.1. The number of nitrogens with one attached hydrogen (secondary N) is 1. The molecular formula is C12H24ClN3O. The lowest BCUT2D eigenvalue weighted by Gasteiger charge is -2.11. The fourth-order valence-corrected chi connectivity index (χ4v) is 1.72.